The number of hydrogen-bond donors (Lipinski definition) is 2. The van der Waals surface area contributed by atoms with Crippen molar-refractivity contribution < 1.29 is 14.3 Å². The SMILES string of the molecule is COCCNCCNC(=O)C(C)Oc1cccc(Cl)c1. The van der Waals surface area contributed by atoms with E-state index >= 15 is 0 Å². The van der Waals surface area contributed by atoms with Gasteiger partial charge in [-0.25, -0.2) is 0 Å². The van der Waals surface area contributed by atoms with E-state index in [1.807, 2.05) is 0 Å². The average molecular weight is 301 g/mol. The molecule has 0 aliphatic heterocycles. The number of carbonyl (C=O) groups excluding carboxylic acids is 1. The lowest BCUT2D eigenvalue weighted by molar-refractivity contribution is -0.127. The molecule has 1 aromatic carbocycles. The minimum Gasteiger partial charge on any atom is -0.481 e. The van der Waals surface area contributed by atoms with Gasteiger partial charge < -0.3 is 20.1 Å². The minimum atomic E-state index is -0.563. The van der Waals surface area contributed by atoms with Gasteiger partial charge in [-0.15, -0.1) is 0 Å². The Morgan fingerprint density at radius 2 is 2.15 bits per heavy atom. The van der Waals surface area contributed by atoms with E-state index < -0.39 is 6.10 Å². The maximum atomic E-state index is 11.8. The predicted molar refractivity (Wildman–Crippen MR) is 79.3 cm³/mol. The summed E-state index contributed by atoms with van der Waals surface area (Å²) in [7, 11) is 1.65. The molecule has 0 radical (unpaired) electrons. The molecule has 1 aromatic rings. The van der Waals surface area contributed by atoms with E-state index in [-0.39, 0.29) is 5.91 Å². The zero-order valence-corrected chi connectivity index (χ0v) is 12.6. The normalized spacial score (nSPS) is 11.9. The second-order valence-corrected chi connectivity index (χ2v) is 4.69. The molecule has 112 valence electrons. The van der Waals surface area contributed by atoms with E-state index in [0.29, 0.717) is 30.5 Å². The molecule has 2 N–H and O–H groups in total. The number of rotatable bonds is 9. The summed E-state index contributed by atoms with van der Waals surface area (Å²) in [6.45, 7) is 4.36. The Morgan fingerprint density at radius 3 is 2.85 bits per heavy atom. The van der Waals surface area contributed by atoms with Crippen LogP contribution in [0.4, 0.5) is 0 Å². The maximum absolute atomic E-state index is 11.8. The van der Waals surface area contributed by atoms with E-state index in [2.05, 4.69) is 10.6 Å². The van der Waals surface area contributed by atoms with Gasteiger partial charge in [-0.05, 0) is 25.1 Å². The zero-order chi connectivity index (χ0) is 14.8. The van der Waals surface area contributed by atoms with Crippen molar-refractivity contribution in [2.75, 3.05) is 33.4 Å². The number of amides is 1. The Bertz CT molecular complexity index is 415. The minimum absolute atomic E-state index is 0.154. The van der Waals surface area contributed by atoms with Gasteiger partial charge in [0.2, 0.25) is 0 Å². The van der Waals surface area contributed by atoms with Gasteiger partial charge in [-0.1, -0.05) is 17.7 Å². The fourth-order valence-corrected chi connectivity index (χ4v) is 1.70. The first kappa shape index (κ1) is 16.8. The second kappa shape index (κ2) is 9.58. The van der Waals surface area contributed by atoms with Gasteiger partial charge in [0.05, 0.1) is 6.61 Å². The first-order chi connectivity index (χ1) is 9.63. The van der Waals surface area contributed by atoms with E-state index in [1.165, 1.54) is 0 Å². The lowest BCUT2D eigenvalue weighted by Gasteiger charge is -2.15. The van der Waals surface area contributed by atoms with E-state index in [0.717, 1.165) is 6.54 Å². The van der Waals surface area contributed by atoms with Crippen molar-refractivity contribution in [3.63, 3.8) is 0 Å². The Labute approximate surface area is 124 Å². The highest BCUT2D eigenvalue weighted by Gasteiger charge is 2.13. The molecule has 0 aliphatic carbocycles. The molecule has 1 unspecified atom stereocenters. The smallest absolute Gasteiger partial charge is 0.260 e. The molecule has 0 fully saturated rings. The van der Waals surface area contributed by atoms with Crippen LogP contribution in [0, 0.1) is 0 Å². The van der Waals surface area contributed by atoms with Crippen molar-refractivity contribution in [2.24, 2.45) is 0 Å². The molecular formula is C14H21ClN2O3. The molecule has 1 atom stereocenters. The molecule has 5 nitrogen and oxygen atoms in total. The summed E-state index contributed by atoms with van der Waals surface area (Å²) < 4.78 is 10.4. The van der Waals surface area contributed by atoms with Crippen molar-refractivity contribution in [1.29, 1.82) is 0 Å². The third-order valence-electron chi connectivity index (χ3n) is 2.56. The molecule has 1 amide bonds. The molecule has 0 spiro atoms. The number of carbonyl (C=O) groups is 1. The number of benzene rings is 1. The highest BCUT2D eigenvalue weighted by molar-refractivity contribution is 6.30. The highest BCUT2D eigenvalue weighted by atomic mass is 35.5. The Hall–Kier alpha value is -1.30. The predicted octanol–water partition coefficient (Wildman–Crippen LogP) is 1.46. The standard InChI is InChI=1S/C14H21ClN2O3/c1-11(20-13-5-3-4-12(15)10-13)14(18)17-7-6-16-8-9-19-2/h3-5,10-11,16H,6-9H2,1-2H3,(H,17,18). The average Bonchev–Trinajstić information content (AvgIpc) is 2.42. The fourth-order valence-electron chi connectivity index (χ4n) is 1.51. The third-order valence-corrected chi connectivity index (χ3v) is 2.80. The zero-order valence-electron chi connectivity index (χ0n) is 11.8. The van der Waals surface area contributed by atoms with Gasteiger partial charge in [-0.3, -0.25) is 4.79 Å². The number of hydrogen-bond acceptors (Lipinski definition) is 4. The van der Waals surface area contributed by atoms with Crippen molar-refractivity contribution >= 4 is 17.5 Å². The number of nitrogens with one attached hydrogen (secondary N) is 2. The van der Waals surface area contributed by atoms with Crippen LogP contribution in [0.3, 0.4) is 0 Å². The number of methoxy groups -OCH3 is 1. The van der Waals surface area contributed by atoms with Crippen molar-refractivity contribution in [3.8, 4) is 5.75 Å². The van der Waals surface area contributed by atoms with Gasteiger partial charge in [0, 0.05) is 31.8 Å². The summed E-state index contributed by atoms with van der Waals surface area (Å²) in [6.07, 6.45) is -0.563. The van der Waals surface area contributed by atoms with Crippen molar-refractivity contribution in [1.82, 2.24) is 10.6 Å². The van der Waals surface area contributed by atoms with Crippen LogP contribution in [0.5, 0.6) is 5.75 Å². The molecule has 0 bridgehead atoms. The topological polar surface area (TPSA) is 59.6 Å². The molecule has 0 saturated carbocycles. The van der Waals surface area contributed by atoms with Crippen molar-refractivity contribution in [2.45, 2.75) is 13.0 Å². The molecule has 0 aromatic heterocycles. The summed E-state index contributed by atoms with van der Waals surface area (Å²) in [5.74, 6) is 0.428. The Balaban J connectivity index is 2.22. The largest absolute Gasteiger partial charge is 0.481 e. The summed E-state index contributed by atoms with van der Waals surface area (Å²) in [4.78, 5) is 11.8. The van der Waals surface area contributed by atoms with Gasteiger partial charge >= 0.3 is 0 Å². The quantitative estimate of drug-likeness (QED) is 0.678. The van der Waals surface area contributed by atoms with Crippen molar-refractivity contribution in [3.05, 3.63) is 29.3 Å². The van der Waals surface area contributed by atoms with E-state index in [4.69, 9.17) is 21.1 Å². The summed E-state index contributed by atoms with van der Waals surface area (Å²) >= 11 is 5.85. The van der Waals surface area contributed by atoms with Gasteiger partial charge in [-0.2, -0.15) is 0 Å². The lowest BCUT2D eigenvalue weighted by atomic mass is 10.3. The fraction of sp³-hybridized carbons (Fsp3) is 0.500. The van der Waals surface area contributed by atoms with Gasteiger partial charge in [0.25, 0.3) is 5.91 Å². The lowest BCUT2D eigenvalue weighted by Crippen LogP contribution is -2.40. The Kier molecular flexibility index (Phi) is 8.02. The van der Waals surface area contributed by atoms with Crippen LogP contribution < -0.4 is 15.4 Å². The van der Waals surface area contributed by atoms with Gasteiger partial charge in [0.1, 0.15) is 5.75 Å². The van der Waals surface area contributed by atoms with Crippen LogP contribution in [0.2, 0.25) is 5.02 Å². The maximum Gasteiger partial charge on any atom is 0.260 e. The molecule has 20 heavy (non-hydrogen) atoms. The summed E-state index contributed by atoms with van der Waals surface area (Å²) in [5, 5.41) is 6.51. The van der Waals surface area contributed by atoms with E-state index in [9.17, 15) is 4.79 Å². The summed E-state index contributed by atoms with van der Waals surface area (Å²) in [5.41, 5.74) is 0. The number of ether oxygens (including phenoxy) is 2. The second-order valence-electron chi connectivity index (χ2n) is 4.25. The van der Waals surface area contributed by atoms with E-state index in [1.54, 1.807) is 38.3 Å². The van der Waals surface area contributed by atoms with Crippen LogP contribution in [0.25, 0.3) is 0 Å². The van der Waals surface area contributed by atoms with Crippen LogP contribution in [0.15, 0.2) is 24.3 Å². The third kappa shape index (κ3) is 6.75. The van der Waals surface area contributed by atoms with Gasteiger partial charge in [0.15, 0.2) is 6.10 Å². The van der Waals surface area contributed by atoms with Crippen LogP contribution in [0.1, 0.15) is 6.92 Å². The van der Waals surface area contributed by atoms with Crippen LogP contribution in [-0.4, -0.2) is 45.4 Å². The molecule has 0 saturated heterocycles. The summed E-state index contributed by atoms with van der Waals surface area (Å²) in [6, 6.07) is 6.98. The molecule has 1 rings (SSSR count). The first-order valence-corrected chi connectivity index (χ1v) is 6.91. The molecular weight excluding hydrogens is 280 g/mol. The molecule has 0 heterocycles. The first-order valence-electron chi connectivity index (χ1n) is 6.53. The van der Waals surface area contributed by atoms with Crippen LogP contribution >= 0.6 is 11.6 Å². The molecule has 6 heteroatoms. The Morgan fingerprint density at radius 1 is 1.35 bits per heavy atom. The number of halogens is 1. The van der Waals surface area contributed by atoms with Crippen LogP contribution in [-0.2, 0) is 9.53 Å². The monoisotopic (exact) mass is 300 g/mol. The molecule has 0 aliphatic rings. The highest BCUT2D eigenvalue weighted by Crippen LogP contribution is 2.18.